The molecule has 29 heavy (non-hydrogen) atoms. The maximum atomic E-state index is 11.3. The molecule has 0 bridgehead atoms. The van der Waals surface area contributed by atoms with Gasteiger partial charge >= 0.3 is 5.97 Å². The first-order chi connectivity index (χ1) is 13.9. The molecule has 2 atom stereocenters. The number of hydrogen-bond acceptors (Lipinski definition) is 6. The van der Waals surface area contributed by atoms with Crippen LogP contribution in [0.15, 0.2) is 53.4 Å². The molecule has 0 aliphatic rings. The average molecular weight is 421 g/mol. The van der Waals surface area contributed by atoms with Gasteiger partial charge in [-0.2, -0.15) is 0 Å². The van der Waals surface area contributed by atoms with E-state index in [1.165, 1.54) is 0 Å². The lowest BCUT2D eigenvalue weighted by molar-refractivity contribution is -0.153. The number of aliphatic hydroxyl groups excluding tert-OH is 1. The SMILES string of the molecule is CSc1ccc(OC(O)CCOc2ccc(CC(OC(C)C)C(=O)O)cc2)cc1. The third-order valence-electron chi connectivity index (χ3n) is 4.02. The van der Waals surface area contributed by atoms with Gasteiger partial charge in [-0.3, -0.25) is 0 Å². The van der Waals surface area contributed by atoms with Crippen molar-refractivity contribution in [2.45, 2.75) is 50.1 Å². The Morgan fingerprint density at radius 3 is 2.21 bits per heavy atom. The minimum atomic E-state index is -0.976. The van der Waals surface area contributed by atoms with Gasteiger partial charge in [-0.1, -0.05) is 12.1 Å². The van der Waals surface area contributed by atoms with Gasteiger partial charge in [0.2, 0.25) is 6.29 Å². The molecule has 0 aliphatic carbocycles. The third kappa shape index (κ3) is 8.35. The van der Waals surface area contributed by atoms with Gasteiger partial charge in [0.25, 0.3) is 0 Å². The van der Waals surface area contributed by atoms with Crippen molar-refractivity contribution in [2.24, 2.45) is 0 Å². The topological polar surface area (TPSA) is 85.2 Å². The summed E-state index contributed by atoms with van der Waals surface area (Å²) >= 11 is 1.64. The summed E-state index contributed by atoms with van der Waals surface area (Å²) in [4.78, 5) is 12.4. The molecule has 2 rings (SSSR count). The van der Waals surface area contributed by atoms with Crippen LogP contribution < -0.4 is 9.47 Å². The van der Waals surface area contributed by atoms with Crippen molar-refractivity contribution in [3.63, 3.8) is 0 Å². The van der Waals surface area contributed by atoms with Crippen molar-refractivity contribution in [3.8, 4) is 11.5 Å². The molecule has 2 N–H and O–H groups in total. The number of rotatable bonds is 12. The van der Waals surface area contributed by atoms with Gasteiger partial charge in [-0.25, -0.2) is 4.79 Å². The van der Waals surface area contributed by atoms with Crippen LogP contribution in [0.4, 0.5) is 0 Å². The van der Waals surface area contributed by atoms with Gasteiger partial charge < -0.3 is 24.4 Å². The normalized spacial score (nSPS) is 13.1. The molecule has 2 aromatic rings. The predicted octanol–water partition coefficient (Wildman–Crippen LogP) is 4.00. The van der Waals surface area contributed by atoms with E-state index >= 15 is 0 Å². The summed E-state index contributed by atoms with van der Waals surface area (Å²) in [6.45, 7) is 3.91. The molecule has 0 heterocycles. The first-order valence-corrected chi connectivity index (χ1v) is 10.7. The molecule has 0 spiro atoms. The molecule has 158 valence electrons. The molecule has 2 aromatic carbocycles. The fourth-order valence-corrected chi connectivity index (χ4v) is 3.01. The highest BCUT2D eigenvalue weighted by Crippen LogP contribution is 2.20. The molecular formula is C22H28O6S. The van der Waals surface area contributed by atoms with E-state index in [9.17, 15) is 15.0 Å². The Morgan fingerprint density at radius 2 is 1.66 bits per heavy atom. The second-order valence-corrected chi connectivity index (χ2v) is 7.62. The molecule has 0 aromatic heterocycles. The summed E-state index contributed by atoms with van der Waals surface area (Å²) < 4.78 is 16.5. The Hall–Kier alpha value is -2.22. The molecule has 7 heteroatoms. The highest BCUT2D eigenvalue weighted by atomic mass is 32.2. The van der Waals surface area contributed by atoms with Gasteiger partial charge in [-0.05, 0) is 62.1 Å². The number of aliphatic carboxylic acids is 1. The van der Waals surface area contributed by atoms with Gasteiger partial charge in [0.15, 0.2) is 6.10 Å². The molecule has 0 saturated heterocycles. The minimum Gasteiger partial charge on any atom is -0.493 e. The monoisotopic (exact) mass is 420 g/mol. The summed E-state index contributed by atoms with van der Waals surface area (Å²) in [5.41, 5.74) is 0.849. The fourth-order valence-electron chi connectivity index (χ4n) is 2.61. The van der Waals surface area contributed by atoms with Gasteiger partial charge in [0, 0.05) is 17.7 Å². The zero-order valence-corrected chi connectivity index (χ0v) is 17.7. The Balaban J connectivity index is 1.76. The van der Waals surface area contributed by atoms with E-state index in [0.29, 0.717) is 17.9 Å². The number of carboxylic acids is 1. The lowest BCUT2D eigenvalue weighted by Crippen LogP contribution is -2.29. The van der Waals surface area contributed by atoms with E-state index < -0.39 is 18.4 Å². The van der Waals surface area contributed by atoms with E-state index in [4.69, 9.17) is 14.2 Å². The number of aliphatic hydroxyl groups is 1. The molecule has 0 amide bonds. The lowest BCUT2D eigenvalue weighted by Gasteiger charge is -2.17. The summed E-state index contributed by atoms with van der Waals surface area (Å²) in [5.74, 6) is 0.272. The summed E-state index contributed by atoms with van der Waals surface area (Å²) in [6.07, 6.45) is 0.609. The van der Waals surface area contributed by atoms with Crippen LogP contribution in [0.3, 0.4) is 0 Å². The van der Waals surface area contributed by atoms with Crippen molar-refractivity contribution in [2.75, 3.05) is 12.9 Å². The van der Waals surface area contributed by atoms with Crippen LogP contribution in [-0.4, -0.2) is 47.5 Å². The Kier molecular flexibility index (Phi) is 9.31. The number of ether oxygens (including phenoxy) is 3. The molecule has 0 aliphatic heterocycles. The maximum Gasteiger partial charge on any atom is 0.333 e. The van der Waals surface area contributed by atoms with Crippen molar-refractivity contribution in [1.82, 2.24) is 0 Å². The molecule has 0 fully saturated rings. The smallest absolute Gasteiger partial charge is 0.333 e. The van der Waals surface area contributed by atoms with Gasteiger partial charge in [-0.15, -0.1) is 11.8 Å². The van der Waals surface area contributed by atoms with Crippen molar-refractivity contribution < 1.29 is 29.2 Å². The summed E-state index contributed by atoms with van der Waals surface area (Å²) in [5, 5.41) is 19.2. The van der Waals surface area contributed by atoms with Crippen LogP contribution in [0.25, 0.3) is 0 Å². The number of hydrogen-bond donors (Lipinski definition) is 2. The number of carbonyl (C=O) groups is 1. The average Bonchev–Trinajstić information content (AvgIpc) is 2.69. The minimum absolute atomic E-state index is 0.157. The van der Waals surface area contributed by atoms with E-state index in [1.807, 2.05) is 56.5 Å². The van der Waals surface area contributed by atoms with Crippen LogP contribution in [0.2, 0.25) is 0 Å². The molecule has 6 nitrogen and oxygen atoms in total. The molecule has 0 saturated carbocycles. The zero-order chi connectivity index (χ0) is 21.2. The van der Waals surface area contributed by atoms with E-state index in [2.05, 4.69) is 0 Å². The second-order valence-electron chi connectivity index (χ2n) is 6.74. The van der Waals surface area contributed by atoms with Crippen molar-refractivity contribution >= 4 is 17.7 Å². The van der Waals surface area contributed by atoms with Crippen LogP contribution in [0.1, 0.15) is 25.8 Å². The number of thioether (sulfide) groups is 1. The third-order valence-corrected chi connectivity index (χ3v) is 4.76. The largest absolute Gasteiger partial charge is 0.493 e. The zero-order valence-electron chi connectivity index (χ0n) is 16.9. The lowest BCUT2D eigenvalue weighted by atomic mass is 10.1. The highest BCUT2D eigenvalue weighted by molar-refractivity contribution is 7.98. The molecule has 2 unspecified atom stereocenters. The summed E-state index contributed by atoms with van der Waals surface area (Å²) in [6, 6.07) is 14.7. The number of benzene rings is 2. The molecule has 0 radical (unpaired) electrons. The first kappa shape index (κ1) is 23.1. The Labute approximate surface area is 175 Å². The van der Waals surface area contributed by atoms with Crippen LogP contribution in [0.5, 0.6) is 11.5 Å². The van der Waals surface area contributed by atoms with E-state index in [1.54, 1.807) is 23.9 Å². The standard InChI is InChI=1S/C22H28O6S/c1-15(2)27-20(22(24)25)14-16-4-6-17(7-5-16)26-13-12-21(23)28-18-8-10-19(29-3)11-9-18/h4-11,15,20-21,23H,12-14H2,1-3H3,(H,24,25). The van der Waals surface area contributed by atoms with Crippen LogP contribution in [0, 0.1) is 0 Å². The Bertz CT molecular complexity index is 745. The quantitative estimate of drug-likeness (QED) is 0.397. The van der Waals surface area contributed by atoms with Crippen LogP contribution >= 0.6 is 11.8 Å². The predicted molar refractivity (Wildman–Crippen MR) is 113 cm³/mol. The van der Waals surface area contributed by atoms with Crippen LogP contribution in [-0.2, 0) is 16.0 Å². The van der Waals surface area contributed by atoms with Gasteiger partial charge in [0.05, 0.1) is 12.7 Å². The molecular weight excluding hydrogens is 392 g/mol. The van der Waals surface area contributed by atoms with Crippen molar-refractivity contribution in [1.29, 1.82) is 0 Å². The van der Waals surface area contributed by atoms with Crippen molar-refractivity contribution in [3.05, 3.63) is 54.1 Å². The summed E-state index contributed by atoms with van der Waals surface area (Å²) in [7, 11) is 0. The van der Waals surface area contributed by atoms with Gasteiger partial charge in [0.1, 0.15) is 11.5 Å². The maximum absolute atomic E-state index is 11.3. The fraction of sp³-hybridized carbons (Fsp3) is 0.409. The van der Waals surface area contributed by atoms with E-state index in [-0.39, 0.29) is 19.1 Å². The second kappa shape index (κ2) is 11.7. The van der Waals surface area contributed by atoms with E-state index in [0.717, 1.165) is 10.5 Å². The highest BCUT2D eigenvalue weighted by Gasteiger charge is 2.20. The number of carboxylic acid groups (broad SMARTS) is 1. The first-order valence-electron chi connectivity index (χ1n) is 9.46. The Morgan fingerprint density at radius 1 is 1.03 bits per heavy atom.